The zero-order valence-electron chi connectivity index (χ0n) is 8.12. The summed E-state index contributed by atoms with van der Waals surface area (Å²) in [5.41, 5.74) is 6.55. The summed E-state index contributed by atoms with van der Waals surface area (Å²) in [4.78, 5) is 4.14. The maximum absolute atomic E-state index is 5.92. The minimum absolute atomic E-state index is 0.151. The molecule has 6 heteroatoms. The first-order valence-corrected chi connectivity index (χ1v) is 4.47. The molecule has 2 N–H and O–H groups in total. The summed E-state index contributed by atoms with van der Waals surface area (Å²) in [7, 11) is 0. The molecule has 0 unspecified atom stereocenters. The van der Waals surface area contributed by atoms with E-state index in [1.54, 1.807) is 10.7 Å². The molecule has 2 aromatic rings. The summed E-state index contributed by atoms with van der Waals surface area (Å²) in [5, 5.41) is 11.7. The molecule has 6 nitrogen and oxygen atoms in total. The number of fused-ring (bicyclic) bond motifs is 1. The Kier molecular flexibility index (Phi) is 2.12. The fourth-order valence-electron chi connectivity index (χ4n) is 1.11. The second-order valence-electron chi connectivity index (χ2n) is 3.52. The Morgan fingerprint density at radius 1 is 1.43 bits per heavy atom. The molecule has 0 radical (unpaired) electrons. The van der Waals surface area contributed by atoms with Gasteiger partial charge in [0.05, 0.1) is 12.2 Å². The lowest BCUT2D eigenvalue weighted by molar-refractivity contribution is 0.482. The summed E-state index contributed by atoms with van der Waals surface area (Å²) in [6, 6.07) is -0.151. The maximum Gasteiger partial charge on any atom is 0.195 e. The summed E-state index contributed by atoms with van der Waals surface area (Å²) in [6.07, 6.45) is 3.16. The molecule has 74 valence electrons. The molecule has 0 bridgehead atoms. The van der Waals surface area contributed by atoms with Crippen LogP contribution >= 0.6 is 0 Å². The average Bonchev–Trinajstić information content (AvgIpc) is 2.62. The molecule has 1 atom stereocenters. The molecule has 0 amide bonds. The summed E-state index contributed by atoms with van der Waals surface area (Å²) < 4.78 is 1.57. The first kappa shape index (κ1) is 9.01. The quantitative estimate of drug-likeness (QED) is 0.733. The van der Waals surface area contributed by atoms with Crippen molar-refractivity contribution >= 4 is 5.65 Å². The van der Waals surface area contributed by atoms with E-state index in [1.165, 1.54) is 6.33 Å². The molecule has 0 fully saturated rings. The van der Waals surface area contributed by atoms with Crippen LogP contribution in [0.3, 0.4) is 0 Å². The average molecular weight is 192 g/mol. The topological polar surface area (TPSA) is 82.0 Å². The van der Waals surface area contributed by atoms with Crippen molar-refractivity contribution in [1.82, 2.24) is 24.8 Å². The Balaban J connectivity index is 2.43. The van der Waals surface area contributed by atoms with Crippen molar-refractivity contribution < 1.29 is 0 Å². The largest absolute Gasteiger partial charge is 0.321 e. The van der Waals surface area contributed by atoms with Gasteiger partial charge in [0.25, 0.3) is 0 Å². The molecule has 14 heavy (non-hydrogen) atoms. The van der Waals surface area contributed by atoms with Gasteiger partial charge in [0.15, 0.2) is 11.5 Å². The predicted octanol–water partition coefficient (Wildman–Crippen LogP) is 0.175. The van der Waals surface area contributed by atoms with Gasteiger partial charge in [0.2, 0.25) is 0 Å². The van der Waals surface area contributed by atoms with Gasteiger partial charge in [-0.1, -0.05) is 13.8 Å². The van der Waals surface area contributed by atoms with Crippen LogP contribution in [0.4, 0.5) is 0 Å². The Morgan fingerprint density at radius 3 is 2.93 bits per heavy atom. The molecule has 2 rings (SSSR count). The van der Waals surface area contributed by atoms with Gasteiger partial charge in [-0.15, -0.1) is 15.3 Å². The third-order valence-corrected chi connectivity index (χ3v) is 2.09. The van der Waals surface area contributed by atoms with E-state index in [0.29, 0.717) is 17.4 Å². The van der Waals surface area contributed by atoms with Crippen LogP contribution in [0, 0.1) is 5.92 Å². The van der Waals surface area contributed by atoms with Crippen molar-refractivity contribution in [1.29, 1.82) is 0 Å². The molecule has 0 saturated carbocycles. The van der Waals surface area contributed by atoms with Crippen molar-refractivity contribution in [3.05, 3.63) is 18.3 Å². The standard InChI is InChI=1S/C8H12N6/c1-5(2)7(9)8-10-3-6-12-11-4-14(6)13-8/h3-5,7H,9H2,1-2H3/t7-/m0/s1. The molecule has 2 aromatic heterocycles. The number of rotatable bonds is 2. The molecule has 2 heterocycles. The zero-order valence-corrected chi connectivity index (χ0v) is 8.12. The number of hydrogen-bond acceptors (Lipinski definition) is 5. The van der Waals surface area contributed by atoms with Crippen molar-refractivity contribution in [3.63, 3.8) is 0 Å². The third kappa shape index (κ3) is 1.44. The minimum atomic E-state index is -0.151. The highest BCUT2D eigenvalue weighted by molar-refractivity contribution is 5.30. The lowest BCUT2D eigenvalue weighted by Gasteiger charge is -2.12. The van der Waals surface area contributed by atoms with Gasteiger partial charge >= 0.3 is 0 Å². The van der Waals surface area contributed by atoms with Crippen LogP contribution in [0.1, 0.15) is 25.7 Å². The highest BCUT2D eigenvalue weighted by Crippen LogP contribution is 2.13. The van der Waals surface area contributed by atoms with Crippen LogP contribution in [0.2, 0.25) is 0 Å². The Bertz CT molecular complexity index is 434. The molecule has 0 aromatic carbocycles. The van der Waals surface area contributed by atoms with Crippen LogP contribution in [-0.2, 0) is 0 Å². The van der Waals surface area contributed by atoms with Gasteiger partial charge in [0, 0.05) is 0 Å². The van der Waals surface area contributed by atoms with Crippen LogP contribution in [0.25, 0.3) is 5.65 Å². The van der Waals surface area contributed by atoms with Gasteiger partial charge < -0.3 is 5.73 Å². The van der Waals surface area contributed by atoms with E-state index in [9.17, 15) is 0 Å². The molecular weight excluding hydrogens is 180 g/mol. The smallest absolute Gasteiger partial charge is 0.195 e. The van der Waals surface area contributed by atoms with Crippen molar-refractivity contribution in [2.24, 2.45) is 11.7 Å². The van der Waals surface area contributed by atoms with E-state index in [4.69, 9.17) is 5.73 Å². The normalized spacial score (nSPS) is 13.7. The fraction of sp³-hybridized carbons (Fsp3) is 0.500. The van der Waals surface area contributed by atoms with Crippen LogP contribution in [0.5, 0.6) is 0 Å². The number of aromatic nitrogens is 5. The van der Waals surface area contributed by atoms with Crippen molar-refractivity contribution in [2.45, 2.75) is 19.9 Å². The zero-order chi connectivity index (χ0) is 10.1. The lowest BCUT2D eigenvalue weighted by Crippen LogP contribution is -2.20. The van der Waals surface area contributed by atoms with Gasteiger partial charge in [-0.05, 0) is 5.92 Å². The number of nitrogens with zero attached hydrogens (tertiary/aromatic N) is 5. The Hall–Kier alpha value is -1.56. The van der Waals surface area contributed by atoms with Gasteiger partial charge in [0.1, 0.15) is 6.33 Å². The highest BCUT2D eigenvalue weighted by Gasteiger charge is 2.14. The van der Waals surface area contributed by atoms with Crippen molar-refractivity contribution in [2.75, 3.05) is 0 Å². The van der Waals surface area contributed by atoms with Crippen molar-refractivity contribution in [3.8, 4) is 0 Å². The molecule has 0 aliphatic heterocycles. The molecule has 0 aliphatic carbocycles. The Morgan fingerprint density at radius 2 is 2.21 bits per heavy atom. The van der Waals surface area contributed by atoms with Gasteiger partial charge in [-0.2, -0.15) is 4.52 Å². The molecule has 0 spiro atoms. The van der Waals surface area contributed by atoms with Gasteiger partial charge in [-0.25, -0.2) is 4.98 Å². The van der Waals surface area contributed by atoms with Gasteiger partial charge in [-0.3, -0.25) is 0 Å². The molecule has 0 saturated heterocycles. The van der Waals surface area contributed by atoms with E-state index in [2.05, 4.69) is 20.3 Å². The summed E-state index contributed by atoms with van der Waals surface area (Å²) in [5.74, 6) is 0.927. The number of nitrogens with two attached hydrogens (primary N) is 1. The highest BCUT2D eigenvalue weighted by atomic mass is 15.4. The predicted molar refractivity (Wildman–Crippen MR) is 50.3 cm³/mol. The maximum atomic E-state index is 5.92. The van der Waals surface area contributed by atoms with E-state index >= 15 is 0 Å². The fourth-order valence-corrected chi connectivity index (χ4v) is 1.11. The lowest BCUT2D eigenvalue weighted by atomic mass is 10.1. The summed E-state index contributed by atoms with van der Waals surface area (Å²) >= 11 is 0. The summed E-state index contributed by atoms with van der Waals surface area (Å²) in [6.45, 7) is 4.06. The van der Waals surface area contributed by atoms with E-state index in [-0.39, 0.29) is 6.04 Å². The second kappa shape index (κ2) is 3.30. The first-order chi connectivity index (χ1) is 6.68. The minimum Gasteiger partial charge on any atom is -0.321 e. The van der Waals surface area contributed by atoms with E-state index < -0.39 is 0 Å². The first-order valence-electron chi connectivity index (χ1n) is 4.47. The monoisotopic (exact) mass is 192 g/mol. The van der Waals surface area contributed by atoms with E-state index in [0.717, 1.165) is 0 Å². The molecular formula is C8H12N6. The molecule has 0 aliphatic rings. The SMILES string of the molecule is CC(C)[C@H](N)c1ncc2nncn2n1. The van der Waals surface area contributed by atoms with Crippen LogP contribution in [-0.4, -0.2) is 24.8 Å². The second-order valence-corrected chi connectivity index (χ2v) is 3.52. The van der Waals surface area contributed by atoms with E-state index in [1.807, 2.05) is 13.8 Å². The Labute approximate surface area is 81.2 Å². The van der Waals surface area contributed by atoms with Crippen LogP contribution in [0.15, 0.2) is 12.5 Å². The number of hydrogen-bond donors (Lipinski definition) is 1. The third-order valence-electron chi connectivity index (χ3n) is 2.09. The van der Waals surface area contributed by atoms with Crippen LogP contribution < -0.4 is 5.73 Å².